The van der Waals surface area contributed by atoms with E-state index in [9.17, 15) is 5.11 Å². The lowest BCUT2D eigenvalue weighted by Crippen LogP contribution is -2.32. The Morgan fingerprint density at radius 3 is 2.60 bits per heavy atom. The minimum atomic E-state index is 0.140. The van der Waals surface area contributed by atoms with Gasteiger partial charge in [-0.1, -0.05) is 39.0 Å². The number of ether oxygens (including phenoxy) is 1. The predicted molar refractivity (Wildman–Crippen MR) is 179 cm³/mol. The van der Waals surface area contributed by atoms with Crippen molar-refractivity contribution in [1.29, 1.82) is 0 Å². The first-order valence-corrected chi connectivity index (χ1v) is 15.5. The largest absolute Gasteiger partial charge is 0.474 e. The van der Waals surface area contributed by atoms with Crippen LogP contribution in [0.1, 0.15) is 69.1 Å². The van der Waals surface area contributed by atoms with Gasteiger partial charge in [0, 0.05) is 30.9 Å². The van der Waals surface area contributed by atoms with Crippen molar-refractivity contribution in [2.45, 2.75) is 65.9 Å². The number of piperidine rings is 1. The minimum absolute atomic E-state index is 0.140. The number of hydrogen-bond acceptors (Lipinski definition) is 8. The molecule has 1 fully saturated rings. The first-order valence-electron chi connectivity index (χ1n) is 15.5. The van der Waals surface area contributed by atoms with E-state index in [0.717, 1.165) is 74.0 Å². The predicted octanol–water partition coefficient (Wildman–Crippen LogP) is 6.38. The third-order valence-corrected chi connectivity index (χ3v) is 7.91. The van der Waals surface area contributed by atoms with Crippen molar-refractivity contribution < 1.29 is 9.84 Å². The molecule has 2 aromatic rings. The molecule has 0 saturated carbocycles. The summed E-state index contributed by atoms with van der Waals surface area (Å²) in [5, 5.41) is 16.2. The van der Waals surface area contributed by atoms with E-state index in [2.05, 4.69) is 96.6 Å². The van der Waals surface area contributed by atoms with E-state index in [0.29, 0.717) is 18.4 Å². The summed E-state index contributed by atoms with van der Waals surface area (Å²) in [5.74, 6) is 1.31. The molecular weight excluding hydrogens is 524 g/mol. The number of fused-ring (bicyclic) bond motifs is 1. The number of allylic oxidation sites excluding steroid dienone is 1. The van der Waals surface area contributed by atoms with Crippen LogP contribution in [-0.4, -0.2) is 74.6 Å². The number of hydrogen-bond donors (Lipinski definition) is 3. The fraction of sp³-hybridized carbons (Fsp3) is 0.529. The molecule has 3 aliphatic rings. The Morgan fingerprint density at radius 1 is 1.21 bits per heavy atom. The van der Waals surface area contributed by atoms with Gasteiger partial charge in [-0.3, -0.25) is 4.99 Å². The topological polar surface area (TPSA) is 85.2 Å². The Labute approximate surface area is 253 Å². The fourth-order valence-electron chi connectivity index (χ4n) is 5.64. The van der Waals surface area contributed by atoms with Crippen molar-refractivity contribution >= 4 is 23.8 Å². The molecule has 3 N–H and O–H groups in total. The number of benzene rings is 1. The molecule has 0 amide bonds. The average molecular weight is 577 g/mol. The zero-order chi connectivity index (χ0) is 30.5. The van der Waals surface area contributed by atoms with E-state index in [1.165, 1.54) is 36.0 Å². The van der Waals surface area contributed by atoms with Crippen LogP contribution in [0.5, 0.6) is 5.88 Å². The molecule has 0 atom stereocenters. The van der Waals surface area contributed by atoms with E-state index in [4.69, 9.17) is 4.74 Å². The van der Waals surface area contributed by atoms with Gasteiger partial charge in [-0.2, -0.15) is 0 Å². The maximum Gasteiger partial charge on any atom is 0.237 e. The number of nitrogens with one attached hydrogen (secondary N) is 2. The average Bonchev–Trinajstić information content (AvgIpc) is 3.02. The zero-order valence-electron chi connectivity index (χ0n) is 26.5. The molecule has 1 aromatic carbocycles. The molecule has 8 nitrogen and oxygen atoms in total. The second-order valence-corrected chi connectivity index (χ2v) is 11.1. The molecular formula is C34H52N6O2. The van der Waals surface area contributed by atoms with Crippen molar-refractivity contribution in [2.75, 3.05) is 68.5 Å². The Kier molecular flexibility index (Phi) is 13.4. The van der Waals surface area contributed by atoms with Gasteiger partial charge in [0.25, 0.3) is 0 Å². The number of aromatic nitrogens is 1. The fourth-order valence-corrected chi connectivity index (χ4v) is 5.64. The van der Waals surface area contributed by atoms with Crippen LogP contribution in [0.3, 0.4) is 0 Å². The normalized spacial score (nSPS) is 17.0. The first-order chi connectivity index (χ1) is 20.4. The van der Waals surface area contributed by atoms with Crippen molar-refractivity contribution in [3.05, 3.63) is 65.0 Å². The lowest BCUT2D eigenvalue weighted by atomic mass is 9.86. The molecule has 1 aromatic heterocycles. The first kappa shape index (κ1) is 33.1. The number of aliphatic hydroxyl groups is 1. The number of rotatable bonds is 7. The minimum Gasteiger partial charge on any atom is -0.474 e. The number of aliphatic hydroxyl groups excluding tert-OH is 1. The summed E-state index contributed by atoms with van der Waals surface area (Å²) in [6.07, 6.45) is 8.35. The number of nitrogens with zero attached hydrogens (tertiary/aromatic N) is 4. The third-order valence-electron chi connectivity index (χ3n) is 7.91. The Bertz CT molecular complexity index is 1200. The van der Waals surface area contributed by atoms with Crippen LogP contribution >= 0.6 is 0 Å². The third kappa shape index (κ3) is 8.58. The van der Waals surface area contributed by atoms with Crippen LogP contribution < -0.4 is 20.3 Å². The van der Waals surface area contributed by atoms with Crippen molar-refractivity contribution in [1.82, 2.24) is 9.88 Å². The highest BCUT2D eigenvalue weighted by atomic mass is 16.5. The van der Waals surface area contributed by atoms with Crippen LogP contribution in [0.25, 0.3) is 0 Å². The highest BCUT2D eigenvalue weighted by Gasteiger charge is 2.23. The second kappa shape index (κ2) is 16.9. The molecule has 230 valence electrons. The highest BCUT2D eigenvalue weighted by molar-refractivity contribution is 5.70. The number of aliphatic imine (C=N–C) groups is 1. The zero-order valence-corrected chi connectivity index (χ0v) is 26.5. The van der Waals surface area contributed by atoms with Gasteiger partial charge in [0.1, 0.15) is 12.3 Å². The molecule has 0 bridgehead atoms. The van der Waals surface area contributed by atoms with Crippen LogP contribution in [0, 0.1) is 6.92 Å². The lowest BCUT2D eigenvalue weighted by molar-refractivity contribution is 0.249. The Balaban J connectivity index is 0.000000213. The standard InChI is InChI=1S/C16H20N4O.C15H24N2O.C3H8/c1-4-12-5-7-20(10-13(12)17-3)14-9-19-16-15(11(14)2)18-6-8-21-16;1-3-16-14-4-5-15(13(10-14)11-18)12-6-8-17(2)9-7-12;1-3-2/h4,9,18H,1,3,5-8,10H2,2H3;4-5,10,12,16,18H,3,6-9,11H2,1-2H3;3H2,1-2H3. The summed E-state index contributed by atoms with van der Waals surface area (Å²) in [6, 6.07) is 6.42. The summed E-state index contributed by atoms with van der Waals surface area (Å²) < 4.78 is 5.58. The maximum atomic E-state index is 9.56. The quantitative estimate of drug-likeness (QED) is 0.330. The van der Waals surface area contributed by atoms with E-state index in [-0.39, 0.29) is 6.61 Å². The van der Waals surface area contributed by atoms with Crippen molar-refractivity contribution in [2.24, 2.45) is 4.99 Å². The summed E-state index contributed by atoms with van der Waals surface area (Å²) in [5.41, 5.74) is 9.02. The van der Waals surface area contributed by atoms with Gasteiger partial charge >= 0.3 is 0 Å². The molecule has 0 spiro atoms. The molecule has 0 unspecified atom stereocenters. The second-order valence-electron chi connectivity index (χ2n) is 11.1. The lowest BCUT2D eigenvalue weighted by Gasteiger charge is -2.32. The monoisotopic (exact) mass is 576 g/mol. The van der Waals surface area contributed by atoms with Crippen LogP contribution in [-0.2, 0) is 6.61 Å². The summed E-state index contributed by atoms with van der Waals surface area (Å²) in [4.78, 5) is 13.2. The summed E-state index contributed by atoms with van der Waals surface area (Å²) in [6.45, 7) is 22.5. The Hall–Kier alpha value is -3.36. The van der Waals surface area contributed by atoms with Crippen LogP contribution in [0.15, 0.2) is 53.3 Å². The number of pyridine rings is 1. The molecule has 3 aliphatic heterocycles. The van der Waals surface area contributed by atoms with Gasteiger partial charge in [-0.05, 0) is 94.7 Å². The van der Waals surface area contributed by atoms with Gasteiger partial charge in [-0.15, -0.1) is 0 Å². The Morgan fingerprint density at radius 2 is 1.95 bits per heavy atom. The molecule has 8 heteroatoms. The van der Waals surface area contributed by atoms with E-state index < -0.39 is 0 Å². The molecule has 0 radical (unpaired) electrons. The van der Waals surface area contributed by atoms with Crippen molar-refractivity contribution in [3.63, 3.8) is 0 Å². The van der Waals surface area contributed by atoms with Gasteiger partial charge in [0.2, 0.25) is 5.88 Å². The maximum absolute atomic E-state index is 9.56. The summed E-state index contributed by atoms with van der Waals surface area (Å²) >= 11 is 0. The van der Waals surface area contributed by atoms with Crippen molar-refractivity contribution in [3.8, 4) is 5.88 Å². The molecule has 1 saturated heterocycles. The number of anilines is 3. The molecule has 5 rings (SSSR count). The van der Waals surface area contributed by atoms with Gasteiger partial charge < -0.3 is 30.3 Å². The van der Waals surface area contributed by atoms with Crippen LogP contribution in [0.2, 0.25) is 0 Å². The van der Waals surface area contributed by atoms with Gasteiger partial charge in [0.15, 0.2) is 0 Å². The molecule has 0 aliphatic carbocycles. The van der Waals surface area contributed by atoms with E-state index in [1.807, 2.05) is 12.3 Å². The van der Waals surface area contributed by atoms with E-state index >= 15 is 0 Å². The summed E-state index contributed by atoms with van der Waals surface area (Å²) in [7, 11) is 2.18. The van der Waals surface area contributed by atoms with Gasteiger partial charge in [-0.25, -0.2) is 4.98 Å². The molecule has 42 heavy (non-hydrogen) atoms. The smallest absolute Gasteiger partial charge is 0.237 e. The molecule has 4 heterocycles. The van der Waals surface area contributed by atoms with E-state index in [1.54, 1.807) is 0 Å². The number of likely N-dealkylation sites (tertiary alicyclic amines) is 1. The SMILES string of the molecule is C=CC1=C(N=C)CN(c2cnc3c(c2C)NCCO3)CC1.CCC.CCNc1ccc(C2CCN(C)CC2)c(CO)c1. The van der Waals surface area contributed by atoms with Crippen LogP contribution in [0.4, 0.5) is 17.1 Å². The van der Waals surface area contributed by atoms with Gasteiger partial charge in [0.05, 0.1) is 30.7 Å². The highest BCUT2D eigenvalue weighted by Crippen LogP contribution is 2.36.